The predicted octanol–water partition coefficient (Wildman–Crippen LogP) is 0.135. The molecule has 1 aromatic heterocycles. The quantitative estimate of drug-likeness (QED) is 0.687. The van der Waals surface area contributed by atoms with Gasteiger partial charge in [0.25, 0.3) is 0 Å². The smallest absolute Gasteiger partial charge is 0.229 e. The van der Waals surface area contributed by atoms with Crippen LogP contribution in [0.15, 0.2) is 0 Å². The Morgan fingerprint density at radius 1 is 1.31 bits per heavy atom. The molecule has 0 fully saturated rings. The zero-order valence-electron chi connectivity index (χ0n) is 9.55. The van der Waals surface area contributed by atoms with Gasteiger partial charge >= 0.3 is 0 Å². The third kappa shape index (κ3) is 4.19. The van der Waals surface area contributed by atoms with E-state index in [2.05, 4.69) is 15.0 Å². The van der Waals surface area contributed by atoms with Crippen molar-refractivity contribution in [1.82, 2.24) is 15.0 Å². The first kappa shape index (κ1) is 13.0. The summed E-state index contributed by atoms with van der Waals surface area (Å²) in [5.41, 5.74) is 5.59. The van der Waals surface area contributed by atoms with Gasteiger partial charge in [-0.3, -0.25) is 0 Å². The fraction of sp³-hybridized carbons (Fsp3) is 0.667. The van der Waals surface area contributed by atoms with Gasteiger partial charge in [0.05, 0.1) is 5.75 Å². The molecule has 90 valence electrons. The molecule has 0 unspecified atom stereocenters. The van der Waals surface area contributed by atoms with Crippen LogP contribution in [0.2, 0.25) is 0 Å². The van der Waals surface area contributed by atoms with E-state index in [0.29, 0.717) is 17.5 Å². The van der Waals surface area contributed by atoms with Crippen LogP contribution in [0.1, 0.15) is 12.2 Å². The molecule has 1 heterocycles. The van der Waals surface area contributed by atoms with E-state index in [9.17, 15) is 0 Å². The summed E-state index contributed by atoms with van der Waals surface area (Å²) < 4.78 is 0. The first-order chi connectivity index (χ1) is 7.63. The molecule has 0 saturated heterocycles. The van der Waals surface area contributed by atoms with Crippen LogP contribution in [-0.4, -0.2) is 46.5 Å². The van der Waals surface area contributed by atoms with Crippen LogP contribution in [0.5, 0.6) is 0 Å². The number of aliphatic hydroxyl groups is 1. The van der Waals surface area contributed by atoms with Crippen LogP contribution in [0, 0.1) is 0 Å². The number of nitrogens with two attached hydrogens (primary N) is 1. The van der Waals surface area contributed by atoms with Crippen LogP contribution in [0.3, 0.4) is 0 Å². The van der Waals surface area contributed by atoms with E-state index in [-0.39, 0.29) is 12.6 Å². The van der Waals surface area contributed by atoms with Gasteiger partial charge in [-0.2, -0.15) is 26.7 Å². The molecule has 0 aromatic carbocycles. The molecule has 0 saturated carbocycles. The zero-order chi connectivity index (χ0) is 12.0. The molecule has 0 amide bonds. The highest BCUT2D eigenvalue weighted by Gasteiger charge is 2.05. The van der Waals surface area contributed by atoms with E-state index in [1.807, 2.05) is 14.1 Å². The molecular formula is C9H17N5OS. The summed E-state index contributed by atoms with van der Waals surface area (Å²) in [6.45, 7) is 0.218. The Balaban J connectivity index is 2.58. The van der Waals surface area contributed by atoms with Gasteiger partial charge in [-0.1, -0.05) is 0 Å². The van der Waals surface area contributed by atoms with Crippen molar-refractivity contribution in [3.63, 3.8) is 0 Å². The van der Waals surface area contributed by atoms with E-state index >= 15 is 0 Å². The number of rotatable bonds is 6. The first-order valence-corrected chi connectivity index (χ1v) is 6.15. The van der Waals surface area contributed by atoms with E-state index in [4.69, 9.17) is 10.8 Å². The van der Waals surface area contributed by atoms with Crippen LogP contribution in [0.25, 0.3) is 0 Å². The largest absolute Gasteiger partial charge is 0.396 e. The molecule has 0 spiro atoms. The predicted molar refractivity (Wildman–Crippen MR) is 66.4 cm³/mol. The maximum atomic E-state index is 8.64. The molecule has 7 heteroatoms. The highest BCUT2D eigenvalue weighted by Crippen LogP contribution is 2.12. The van der Waals surface area contributed by atoms with Crippen LogP contribution in [-0.2, 0) is 5.75 Å². The second kappa shape index (κ2) is 6.49. The molecule has 0 aliphatic carbocycles. The van der Waals surface area contributed by atoms with E-state index in [1.165, 1.54) is 0 Å². The van der Waals surface area contributed by atoms with Crippen molar-refractivity contribution < 1.29 is 5.11 Å². The molecule has 0 bridgehead atoms. The van der Waals surface area contributed by atoms with Gasteiger partial charge in [-0.25, -0.2) is 0 Å². The SMILES string of the molecule is CN(C)c1nc(N)nc(CSCCCO)n1. The number of hydrogen-bond acceptors (Lipinski definition) is 7. The number of nitrogen functional groups attached to an aromatic ring is 1. The average molecular weight is 243 g/mol. The Kier molecular flexibility index (Phi) is 5.27. The minimum atomic E-state index is 0.218. The summed E-state index contributed by atoms with van der Waals surface area (Å²) in [7, 11) is 3.72. The third-order valence-electron chi connectivity index (χ3n) is 1.77. The van der Waals surface area contributed by atoms with Gasteiger partial charge in [-0.05, 0) is 12.2 Å². The summed E-state index contributed by atoms with van der Waals surface area (Å²) in [5, 5.41) is 8.64. The standard InChI is InChI=1S/C9H17N5OS/c1-14(2)9-12-7(11-8(10)13-9)6-16-5-3-4-15/h15H,3-6H2,1-2H3,(H2,10,11,12,13). The van der Waals surface area contributed by atoms with Crippen molar-refractivity contribution in [2.24, 2.45) is 0 Å². The number of hydrogen-bond donors (Lipinski definition) is 2. The molecule has 1 rings (SSSR count). The fourth-order valence-corrected chi connectivity index (χ4v) is 1.81. The van der Waals surface area contributed by atoms with Crippen molar-refractivity contribution in [3.05, 3.63) is 5.82 Å². The third-order valence-corrected chi connectivity index (χ3v) is 2.80. The lowest BCUT2D eigenvalue weighted by atomic mass is 10.5. The number of aromatic nitrogens is 3. The fourth-order valence-electron chi connectivity index (χ4n) is 1.02. The maximum Gasteiger partial charge on any atom is 0.229 e. The number of aliphatic hydroxyl groups excluding tert-OH is 1. The van der Waals surface area contributed by atoms with Gasteiger partial charge in [0.2, 0.25) is 11.9 Å². The van der Waals surface area contributed by atoms with Crippen LogP contribution < -0.4 is 10.6 Å². The molecule has 0 radical (unpaired) electrons. The second-order valence-corrected chi connectivity index (χ2v) is 4.54. The first-order valence-electron chi connectivity index (χ1n) is 5.00. The van der Waals surface area contributed by atoms with Crippen LogP contribution >= 0.6 is 11.8 Å². The maximum absolute atomic E-state index is 8.64. The van der Waals surface area contributed by atoms with Crippen LogP contribution in [0.4, 0.5) is 11.9 Å². The summed E-state index contributed by atoms with van der Waals surface area (Å²) in [4.78, 5) is 14.1. The normalized spacial score (nSPS) is 10.4. The Morgan fingerprint density at radius 2 is 2.06 bits per heavy atom. The Bertz CT molecular complexity index is 334. The summed E-state index contributed by atoms with van der Waals surface area (Å²) >= 11 is 1.67. The molecule has 6 nitrogen and oxygen atoms in total. The van der Waals surface area contributed by atoms with Gasteiger partial charge in [0.15, 0.2) is 0 Å². The highest BCUT2D eigenvalue weighted by atomic mass is 32.2. The van der Waals surface area contributed by atoms with Crippen molar-refractivity contribution in [2.75, 3.05) is 37.1 Å². The molecule has 1 aromatic rings. The van der Waals surface area contributed by atoms with E-state index in [0.717, 1.165) is 12.2 Å². The molecular weight excluding hydrogens is 226 g/mol. The van der Waals surface area contributed by atoms with Gasteiger partial charge in [0, 0.05) is 20.7 Å². The number of anilines is 2. The molecule has 0 aliphatic heterocycles. The Morgan fingerprint density at radius 3 is 2.69 bits per heavy atom. The lowest BCUT2D eigenvalue weighted by Gasteiger charge is -2.11. The molecule has 0 atom stereocenters. The minimum absolute atomic E-state index is 0.218. The lowest BCUT2D eigenvalue weighted by molar-refractivity contribution is 0.296. The minimum Gasteiger partial charge on any atom is -0.396 e. The lowest BCUT2D eigenvalue weighted by Crippen LogP contribution is -2.16. The van der Waals surface area contributed by atoms with Crippen molar-refractivity contribution in [1.29, 1.82) is 0 Å². The van der Waals surface area contributed by atoms with Crippen molar-refractivity contribution >= 4 is 23.7 Å². The number of nitrogens with zero attached hydrogens (tertiary/aromatic N) is 4. The summed E-state index contributed by atoms with van der Waals surface area (Å²) in [6.07, 6.45) is 0.784. The second-order valence-electron chi connectivity index (χ2n) is 3.43. The van der Waals surface area contributed by atoms with Crippen molar-refractivity contribution in [2.45, 2.75) is 12.2 Å². The topological polar surface area (TPSA) is 88.2 Å². The van der Waals surface area contributed by atoms with E-state index < -0.39 is 0 Å². The zero-order valence-corrected chi connectivity index (χ0v) is 10.4. The average Bonchev–Trinajstić information content (AvgIpc) is 2.23. The summed E-state index contributed by atoms with van der Waals surface area (Å²) in [5.74, 6) is 3.08. The Labute approximate surface area is 99.3 Å². The monoisotopic (exact) mass is 243 g/mol. The van der Waals surface area contributed by atoms with Crippen molar-refractivity contribution in [3.8, 4) is 0 Å². The molecule has 0 aliphatic rings. The number of thioether (sulfide) groups is 1. The summed E-state index contributed by atoms with van der Waals surface area (Å²) in [6, 6.07) is 0. The molecule has 3 N–H and O–H groups in total. The highest BCUT2D eigenvalue weighted by molar-refractivity contribution is 7.98. The van der Waals surface area contributed by atoms with Gasteiger partial charge < -0.3 is 15.7 Å². The Hall–Kier alpha value is -1.08. The molecule has 16 heavy (non-hydrogen) atoms. The van der Waals surface area contributed by atoms with E-state index in [1.54, 1.807) is 16.7 Å². The van der Waals surface area contributed by atoms with Gasteiger partial charge in [-0.15, -0.1) is 0 Å². The van der Waals surface area contributed by atoms with Gasteiger partial charge in [0.1, 0.15) is 5.82 Å².